The van der Waals surface area contributed by atoms with E-state index in [-0.39, 0.29) is 12.2 Å². The molecule has 0 saturated heterocycles. The molecule has 2 aromatic carbocycles. The van der Waals surface area contributed by atoms with E-state index in [1.54, 1.807) is 32.4 Å². The summed E-state index contributed by atoms with van der Waals surface area (Å²) in [5.41, 5.74) is 3.17. The molecule has 0 spiro atoms. The summed E-state index contributed by atoms with van der Waals surface area (Å²) in [5, 5.41) is 18.1. The second-order valence-electron chi connectivity index (χ2n) is 5.17. The number of benzene rings is 2. The number of para-hydroxylation sites is 1. The number of phenolic OH excluding ortho intramolecular Hbond substituents is 1. The maximum Gasteiger partial charge on any atom is 0.290 e. The van der Waals surface area contributed by atoms with Gasteiger partial charge in [-0.05, 0) is 42.8 Å². The minimum absolute atomic E-state index is 0.168. The summed E-state index contributed by atoms with van der Waals surface area (Å²) in [6.45, 7) is 1.77. The Bertz CT molecular complexity index is 892. The number of ether oxygens (including phenoxy) is 2. The number of aromatic nitrogens is 1. The summed E-state index contributed by atoms with van der Waals surface area (Å²) < 4.78 is 10.6. The highest BCUT2D eigenvalue weighted by molar-refractivity contribution is 5.90. The monoisotopic (exact) mass is 341 g/mol. The van der Waals surface area contributed by atoms with Gasteiger partial charge in [-0.2, -0.15) is 0 Å². The van der Waals surface area contributed by atoms with Crippen LogP contribution in [0.1, 0.15) is 5.56 Å². The molecule has 0 saturated carbocycles. The van der Waals surface area contributed by atoms with Crippen molar-refractivity contribution in [2.45, 2.75) is 6.92 Å². The molecule has 0 amide bonds. The van der Waals surface area contributed by atoms with Crippen molar-refractivity contribution in [2.75, 3.05) is 14.2 Å². The first kappa shape index (κ1) is 18.1. The summed E-state index contributed by atoms with van der Waals surface area (Å²) in [4.78, 5) is 13.0. The molecule has 0 aliphatic carbocycles. The van der Waals surface area contributed by atoms with Crippen LogP contribution in [0.5, 0.6) is 17.2 Å². The minimum Gasteiger partial charge on any atom is -0.507 e. The van der Waals surface area contributed by atoms with Crippen LogP contribution in [0.3, 0.4) is 0 Å². The summed E-state index contributed by atoms with van der Waals surface area (Å²) in [6.07, 6.45) is 0. The molecule has 0 radical (unpaired) electrons. The Hall–Kier alpha value is -3.28. The Morgan fingerprint density at radius 1 is 1.08 bits per heavy atom. The lowest BCUT2D eigenvalue weighted by Gasteiger charge is -2.11. The SMILES string of the molecule is COc1ccc(O)c(-c2cc(C)c3cccc(OC)c3n2)c1.O=CO. The molecule has 6 heteroatoms. The smallest absolute Gasteiger partial charge is 0.290 e. The first-order chi connectivity index (χ1) is 12.0. The highest BCUT2D eigenvalue weighted by Crippen LogP contribution is 2.35. The maximum absolute atomic E-state index is 10.1. The highest BCUT2D eigenvalue weighted by atomic mass is 16.5. The number of methoxy groups -OCH3 is 2. The zero-order chi connectivity index (χ0) is 18.4. The van der Waals surface area contributed by atoms with E-state index >= 15 is 0 Å². The Labute approximate surface area is 145 Å². The third kappa shape index (κ3) is 3.80. The number of pyridine rings is 1. The van der Waals surface area contributed by atoms with Crippen LogP contribution in [0.4, 0.5) is 0 Å². The number of hydrogen-bond acceptors (Lipinski definition) is 5. The van der Waals surface area contributed by atoms with Crippen LogP contribution in [0.25, 0.3) is 22.2 Å². The number of aryl methyl sites for hydroxylation is 1. The normalized spacial score (nSPS) is 9.88. The van der Waals surface area contributed by atoms with Gasteiger partial charge in [-0.25, -0.2) is 4.98 Å². The van der Waals surface area contributed by atoms with Gasteiger partial charge in [-0.1, -0.05) is 12.1 Å². The Balaban J connectivity index is 0.000000701. The largest absolute Gasteiger partial charge is 0.507 e. The van der Waals surface area contributed by atoms with Crippen LogP contribution in [0.15, 0.2) is 42.5 Å². The van der Waals surface area contributed by atoms with E-state index < -0.39 is 0 Å². The Morgan fingerprint density at radius 3 is 2.44 bits per heavy atom. The molecule has 2 N–H and O–H groups in total. The second-order valence-corrected chi connectivity index (χ2v) is 5.17. The van der Waals surface area contributed by atoms with Crippen molar-refractivity contribution in [1.29, 1.82) is 0 Å². The van der Waals surface area contributed by atoms with Gasteiger partial charge in [0.25, 0.3) is 6.47 Å². The van der Waals surface area contributed by atoms with Gasteiger partial charge >= 0.3 is 0 Å². The molecule has 0 bridgehead atoms. The van der Waals surface area contributed by atoms with Crippen molar-refractivity contribution < 1.29 is 24.5 Å². The molecular weight excluding hydrogens is 322 g/mol. The number of phenols is 1. The summed E-state index contributed by atoms with van der Waals surface area (Å²) in [6, 6.07) is 12.9. The van der Waals surface area contributed by atoms with E-state index in [1.165, 1.54) is 0 Å². The minimum atomic E-state index is -0.250. The topological polar surface area (TPSA) is 88.9 Å². The first-order valence-corrected chi connectivity index (χ1v) is 7.45. The van der Waals surface area contributed by atoms with E-state index in [1.807, 2.05) is 31.2 Å². The molecule has 3 rings (SSSR count). The third-order valence-corrected chi connectivity index (χ3v) is 3.71. The molecule has 1 aromatic heterocycles. The lowest BCUT2D eigenvalue weighted by atomic mass is 10.0. The van der Waals surface area contributed by atoms with E-state index in [2.05, 4.69) is 4.98 Å². The summed E-state index contributed by atoms with van der Waals surface area (Å²) in [7, 11) is 3.22. The van der Waals surface area contributed by atoms with Crippen LogP contribution < -0.4 is 9.47 Å². The van der Waals surface area contributed by atoms with E-state index in [4.69, 9.17) is 19.4 Å². The van der Waals surface area contributed by atoms with E-state index in [0.717, 1.165) is 16.5 Å². The number of rotatable bonds is 3. The maximum atomic E-state index is 10.1. The number of carbonyl (C=O) groups is 1. The first-order valence-electron chi connectivity index (χ1n) is 7.45. The van der Waals surface area contributed by atoms with Gasteiger partial charge in [0.15, 0.2) is 0 Å². The number of fused-ring (bicyclic) bond motifs is 1. The quantitative estimate of drug-likeness (QED) is 0.707. The van der Waals surface area contributed by atoms with Gasteiger partial charge in [0.1, 0.15) is 22.8 Å². The van der Waals surface area contributed by atoms with Crippen LogP contribution in [-0.2, 0) is 4.79 Å². The van der Waals surface area contributed by atoms with E-state index in [9.17, 15) is 5.11 Å². The van der Waals surface area contributed by atoms with Crippen LogP contribution in [0.2, 0.25) is 0 Å². The van der Waals surface area contributed by atoms with Gasteiger partial charge < -0.3 is 19.7 Å². The van der Waals surface area contributed by atoms with E-state index in [0.29, 0.717) is 22.8 Å². The van der Waals surface area contributed by atoms with Crippen molar-refractivity contribution in [3.8, 4) is 28.5 Å². The van der Waals surface area contributed by atoms with Crippen molar-refractivity contribution in [1.82, 2.24) is 4.98 Å². The number of aromatic hydroxyl groups is 1. The van der Waals surface area contributed by atoms with Gasteiger partial charge in [0.2, 0.25) is 0 Å². The summed E-state index contributed by atoms with van der Waals surface area (Å²) in [5.74, 6) is 1.55. The van der Waals surface area contributed by atoms with Gasteiger partial charge in [0.05, 0.1) is 19.9 Å². The van der Waals surface area contributed by atoms with Gasteiger partial charge in [-0.15, -0.1) is 0 Å². The molecule has 3 aromatic rings. The molecule has 0 aliphatic rings. The van der Waals surface area contributed by atoms with Crippen molar-refractivity contribution in [3.63, 3.8) is 0 Å². The molecule has 1 heterocycles. The number of hydrogen-bond donors (Lipinski definition) is 2. The fourth-order valence-electron chi connectivity index (χ4n) is 2.54. The lowest BCUT2D eigenvalue weighted by molar-refractivity contribution is -0.122. The molecule has 0 atom stereocenters. The lowest BCUT2D eigenvalue weighted by Crippen LogP contribution is -1.93. The molecule has 130 valence electrons. The standard InChI is InChI=1S/C18H17NO3.CH2O2/c1-11-9-15(14-10-12(21-2)7-8-16(14)20)19-18-13(11)5-4-6-17(18)22-3;2-1-3/h4-10,20H,1-3H3;1H,(H,2,3). The number of carboxylic acid groups (broad SMARTS) is 1. The fraction of sp³-hybridized carbons (Fsp3) is 0.158. The van der Waals surface area contributed by atoms with Gasteiger partial charge in [0, 0.05) is 10.9 Å². The number of nitrogens with zero attached hydrogens (tertiary/aromatic N) is 1. The predicted molar refractivity (Wildman–Crippen MR) is 95.4 cm³/mol. The van der Waals surface area contributed by atoms with Crippen LogP contribution in [0, 0.1) is 6.92 Å². The average molecular weight is 341 g/mol. The zero-order valence-corrected chi connectivity index (χ0v) is 14.2. The molecule has 0 unspecified atom stereocenters. The molecule has 25 heavy (non-hydrogen) atoms. The highest BCUT2D eigenvalue weighted by Gasteiger charge is 2.12. The van der Waals surface area contributed by atoms with Crippen molar-refractivity contribution >= 4 is 17.4 Å². The molecular formula is C19H19NO5. The predicted octanol–water partition coefficient (Wildman–Crippen LogP) is 3.63. The van der Waals surface area contributed by atoms with Crippen molar-refractivity contribution in [2.24, 2.45) is 0 Å². The molecule has 6 nitrogen and oxygen atoms in total. The third-order valence-electron chi connectivity index (χ3n) is 3.71. The van der Waals surface area contributed by atoms with Crippen LogP contribution in [-0.4, -0.2) is 35.9 Å². The Morgan fingerprint density at radius 2 is 1.80 bits per heavy atom. The van der Waals surface area contributed by atoms with Crippen LogP contribution >= 0.6 is 0 Å². The average Bonchev–Trinajstić information content (AvgIpc) is 2.62. The fourth-order valence-corrected chi connectivity index (χ4v) is 2.54. The summed E-state index contributed by atoms with van der Waals surface area (Å²) >= 11 is 0. The van der Waals surface area contributed by atoms with Crippen molar-refractivity contribution in [3.05, 3.63) is 48.0 Å². The van der Waals surface area contributed by atoms with Gasteiger partial charge in [-0.3, -0.25) is 4.79 Å². The second kappa shape index (κ2) is 8.01. The molecule has 0 aliphatic heterocycles. The zero-order valence-electron chi connectivity index (χ0n) is 14.2. The Kier molecular flexibility index (Phi) is 5.79. The molecule has 0 fully saturated rings.